The van der Waals surface area contributed by atoms with E-state index >= 15 is 0 Å². The van der Waals surface area contributed by atoms with Crippen LogP contribution in [0.15, 0.2) is 41.2 Å². The molecule has 3 rings (SSSR count). The number of H-pyrrole nitrogens is 1. The number of nitrogens with one attached hydrogen (secondary N) is 2. The highest BCUT2D eigenvalue weighted by Crippen LogP contribution is 2.22. The zero-order chi connectivity index (χ0) is 16.4. The molecule has 0 saturated heterocycles. The summed E-state index contributed by atoms with van der Waals surface area (Å²) < 4.78 is 5.38. The van der Waals surface area contributed by atoms with Gasteiger partial charge in [0.2, 0.25) is 11.8 Å². The Bertz CT molecular complexity index is 786. The van der Waals surface area contributed by atoms with E-state index in [1.165, 1.54) is 0 Å². The second kappa shape index (κ2) is 6.28. The lowest BCUT2D eigenvalue weighted by Gasteiger charge is -2.23. The number of amides is 1. The molecule has 1 aliphatic rings. The smallest absolute Gasteiger partial charge is 0.249 e. The largest absolute Gasteiger partial charge is 0.480 e. The number of benzene rings is 1. The molecule has 2 aromatic rings. The lowest BCUT2D eigenvalue weighted by Crippen LogP contribution is -2.41. The number of rotatable bonds is 3. The van der Waals surface area contributed by atoms with Crippen LogP contribution in [0.4, 0.5) is 0 Å². The Kier molecular flexibility index (Phi) is 4.19. The molecule has 0 radical (unpaired) electrons. The number of carbonyl (C=O) groups is 1. The summed E-state index contributed by atoms with van der Waals surface area (Å²) in [5.74, 6) is 0.790. The van der Waals surface area contributed by atoms with Gasteiger partial charge >= 0.3 is 0 Å². The van der Waals surface area contributed by atoms with Crippen LogP contribution < -0.4 is 5.32 Å². The maximum atomic E-state index is 12.3. The molecule has 2 N–H and O–H groups in total. The molecule has 0 bridgehead atoms. The minimum Gasteiger partial charge on any atom is -0.480 e. The van der Waals surface area contributed by atoms with Crippen LogP contribution in [-0.4, -0.2) is 29.9 Å². The first-order valence-electron chi connectivity index (χ1n) is 7.79. The Morgan fingerprint density at radius 1 is 1.35 bits per heavy atom. The van der Waals surface area contributed by atoms with Crippen molar-refractivity contribution in [1.29, 1.82) is 0 Å². The molecule has 0 saturated carbocycles. The van der Waals surface area contributed by atoms with Crippen LogP contribution >= 0.6 is 0 Å². The van der Waals surface area contributed by atoms with E-state index in [2.05, 4.69) is 29.1 Å². The predicted molar refractivity (Wildman–Crippen MR) is 92.1 cm³/mol. The summed E-state index contributed by atoms with van der Waals surface area (Å²) in [5.41, 5.74) is 2.64. The van der Waals surface area contributed by atoms with E-state index in [4.69, 9.17) is 4.74 Å². The molecule has 1 aliphatic heterocycles. The van der Waals surface area contributed by atoms with E-state index < -0.39 is 0 Å². The Morgan fingerprint density at radius 3 is 2.87 bits per heavy atom. The predicted octanol–water partition coefficient (Wildman–Crippen LogP) is 3.10. The van der Waals surface area contributed by atoms with Crippen LogP contribution in [0.5, 0.6) is 0 Å². The highest BCUT2D eigenvalue weighted by atomic mass is 16.5. The maximum Gasteiger partial charge on any atom is 0.249 e. The van der Waals surface area contributed by atoms with Gasteiger partial charge in [0.05, 0.1) is 7.11 Å². The molecule has 5 nitrogen and oxygen atoms in total. The maximum absolute atomic E-state index is 12.3. The lowest BCUT2D eigenvalue weighted by atomic mass is 10.0. The summed E-state index contributed by atoms with van der Waals surface area (Å²) in [7, 11) is 1.58. The molecule has 1 aromatic heterocycles. The highest BCUT2D eigenvalue weighted by molar-refractivity contribution is 6.07. The molecule has 120 valence electrons. The summed E-state index contributed by atoms with van der Waals surface area (Å²) in [6.45, 7) is 4.15. The van der Waals surface area contributed by atoms with Gasteiger partial charge in [0, 0.05) is 22.7 Å². The van der Waals surface area contributed by atoms with Crippen LogP contribution in [0.3, 0.4) is 0 Å². The van der Waals surface area contributed by atoms with E-state index in [0.717, 1.165) is 16.5 Å². The van der Waals surface area contributed by atoms with Crippen LogP contribution in [0.1, 0.15) is 25.8 Å². The van der Waals surface area contributed by atoms with Crippen molar-refractivity contribution in [2.75, 3.05) is 7.11 Å². The first-order chi connectivity index (χ1) is 11.1. The molecular formula is C18H21N3O2. The van der Waals surface area contributed by atoms with Crippen molar-refractivity contribution in [1.82, 2.24) is 10.3 Å². The van der Waals surface area contributed by atoms with Gasteiger partial charge in [-0.25, -0.2) is 4.99 Å². The van der Waals surface area contributed by atoms with Gasteiger partial charge in [-0.1, -0.05) is 32.0 Å². The number of aromatic nitrogens is 1. The molecule has 0 fully saturated rings. The zero-order valence-electron chi connectivity index (χ0n) is 13.6. The molecule has 5 heteroatoms. The zero-order valence-corrected chi connectivity index (χ0v) is 13.6. The highest BCUT2D eigenvalue weighted by Gasteiger charge is 2.28. The van der Waals surface area contributed by atoms with E-state index in [9.17, 15) is 4.79 Å². The summed E-state index contributed by atoms with van der Waals surface area (Å²) in [6, 6.07) is 7.64. The summed E-state index contributed by atoms with van der Waals surface area (Å²) >= 11 is 0. The van der Waals surface area contributed by atoms with Crippen molar-refractivity contribution >= 4 is 28.8 Å². The average molecular weight is 311 g/mol. The Morgan fingerprint density at radius 2 is 2.13 bits per heavy atom. The van der Waals surface area contributed by atoms with Gasteiger partial charge in [-0.3, -0.25) is 4.79 Å². The average Bonchev–Trinajstić information content (AvgIpc) is 2.93. The Balaban J connectivity index is 1.97. The molecule has 1 unspecified atom stereocenters. The lowest BCUT2D eigenvalue weighted by molar-refractivity contribution is -0.122. The van der Waals surface area contributed by atoms with E-state index in [0.29, 0.717) is 23.9 Å². The van der Waals surface area contributed by atoms with E-state index in [-0.39, 0.29) is 11.9 Å². The third-order valence-corrected chi connectivity index (χ3v) is 3.87. The Hall–Kier alpha value is -2.56. The number of aliphatic imine (C=N–C) groups is 1. The van der Waals surface area contributed by atoms with Crippen LogP contribution in [0, 0.1) is 5.92 Å². The van der Waals surface area contributed by atoms with Gasteiger partial charge in [-0.15, -0.1) is 0 Å². The van der Waals surface area contributed by atoms with Crippen LogP contribution in [-0.2, 0) is 9.53 Å². The number of methoxy groups -OCH3 is 1. The van der Waals surface area contributed by atoms with Crippen molar-refractivity contribution in [2.24, 2.45) is 10.9 Å². The molecule has 0 aliphatic carbocycles. The van der Waals surface area contributed by atoms with E-state index in [1.807, 2.05) is 36.5 Å². The number of nitrogens with zero attached hydrogens (tertiary/aromatic N) is 1. The van der Waals surface area contributed by atoms with Crippen molar-refractivity contribution in [3.8, 4) is 0 Å². The summed E-state index contributed by atoms with van der Waals surface area (Å²) in [5, 5.41) is 4.02. The summed E-state index contributed by atoms with van der Waals surface area (Å²) in [6.07, 6.45) is 4.51. The molecule has 2 heterocycles. The van der Waals surface area contributed by atoms with Gasteiger partial charge < -0.3 is 15.0 Å². The SMILES string of the molecule is COC1=NC(CC(C)C)C(=O)NC1=Cc1c[nH]c2ccccc12. The second-order valence-corrected chi connectivity index (χ2v) is 6.12. The number of para-hydroxylation sites is 1. The van der Waals surface area contributed by atoms with Gasteiger partial charge in [0.15, 0.2) is 0 Å². The fraction of sp³-hybridized carbons (Fsp3) is 0.333. The fourth-order valence-electron chi connectivity index (χ4n) is 2.77. The number of aromatic amines is 1. The normalized spacial score (nSPS) is 20.0. The van der Waals surface area contributed by atoms with Crippen molar-refractivity contribution in [2.45, 2.75) is 26.3 Å². The Labute approximate surface area is 135 Å². The molecule has 1 aromatic carbocycles. The fourth-order valence-corrected chi connectivity index (χ4v) is 2.77. The molecule has 1 amide bonds. The summed E-state index contributed by atoms with van der Waals surface area (Å²) in [4.78, 5) is 20.0. The standard InChI is InChI=1S/C18H21N3O2/c1-11(2)8-15-17(22)20-16(18(21-15)23-3)9-12-10-19-14-7-5-4-6-13(12)14/h4-7,9-11,15,19H,8H2,1-3H3,(H,20,22). The van der Waals surface area contributed by atoms with Crippen LogP contribution in [0.25, 0.3) is 17.0 Å². The first-order valence-corrected chi connectivity index (χ1v) is 7.79. The molecule has 0 spiro atoms. The third kappa shape index (κ3) is 3.13. The monoisotopic (exact) mass is 311 g/mol. The van der Waals surface area contributed by atoms with E-state index in [1.54, 1.807) is 7.11 Å². The number of fused-ring (bicyclic) bond motifs is 1. The van der Waals surface area contributed by atoms with Crippen molar-refractivity contribution in [3.63, 3.8) is 0 Å². The number of carbonyl (C=O) groups excluding carboxylic acids is 1. The minimum absolute atomic E-state index is 0.0782. The molecular weight excluding hydrogens is 290 g/mol. The number of ether oxygens (including phenoxy) is 1. The van der Waals surface area contributed by atoms with Crippen molar-refractivity contribution in [3.05, 3.63) is 41.7 Å². The first kappa shape index (κ1) is 15.3. The van der Waals surface area contributed by atoms with Gasteiger partial charge in [-0.05, 0) is 24.5 Å². The number of hydrogen-bond acceptors (Lipinski definition) is 3. The molecule has 1 atom stereocenters. The van der Waals surface area contributed by atoms with Crippen molar-refractivity contribution < 1.29 is 9.53 Å². The quantitative estimate of drug-likeness (QED) is 0.914. The minimum atomic E-state index is -0.384. The third-order valence-electron chi connectivity index (χ3n) is 3.87. The number of hydrogen-bond donors (Lipinski definition) is 2. The van der Waals surface area contributed by atoms with Crippen LogP contribution in [0.2, 0.25) is 0 Å². The molecule has 23 heavy (non-hydrogen) atoms. The topological polar surface area (TPSA) is 66.5 Å². The van der Waals surface area contributed by atoms with Gasteiger partial charge in [0.25, 0.3) is 0 Å². The van der Waals surface area contributed by atoms with Gasteiger partial charge in [-0.2, -0.15) is 0 Å². The second-order valence-electron chi connectivity index (χ2n) is 6.12. The van der Waals surface area contributed by atoms with Gasteiger partial charge in [0.1, 0.15) is 11.7 Å².